The van der Waals surface area contributed by atoms with Gasteiger partial charge in [-0.15, -0.1) is 0 Å². The van der Waals surface area contributed by atoms with Crippen LogP contribution in [0.5, 0.6) is 0 Å². The van der Waals surface area contributed by atoms with Crippen molar-refractivity contribution in [2.24, 2.45) is 0 Å². The summed E-state index contributed by atoms with van der Waals surface area (Å²) in [6.45, 7) is 10.0. The van der Waals surface area contributed by atoms with E-state index in [1.165, 1.54) is 38.6 Å². The van der Waals surface area contributed by atoms with Gasteiger partial charge >= 0.3 is 0 Å². The van der Waals surface area contributed by atoms with Gasteiger partial charge < -0.3 is 4.90 Å². The van der Waals surface area contributed by atoms with Crippen LogP contribution in [-0.2, 0) is 12.8 Å². The van der Waals surface area contributed by atoms with Gasteiger partial charge in [-0.1, -0.05) is 45.4 Å². The highest BCUT2D eigenvalue weighted by Crippen LogP contribution is 2.44. The first-order valence-electron chi connectivity index (χ1n) is 7.63. The Bertz CT molecular complexity index is 410. The lowest BCUT2D eigenvalue weighted by Gasteiger charge is -2.45. The summed E-state index contributed by atoms with van der Waals surface area (Å²) in [4.78, 5) is 2.70. The fraction of sp³-hybridized carbons (Fsp3) is 0.647. The molecule has 0 aliphatic carbocycles. The molecule has 0 saturated heterocycles. The largest absolute Gasteiger partial charge is 0.365 e. The van der Waals surface area contributed by atoms with Crippen LogP contribution in [0.2, 0.25) is 0 Å². The van der Waals surface area contributed by atoms with Gasteiger partial charge in [0, 0.05) is 17.8 Å². The number of para-hydroxylation sites is 1. The molecule has 0 amide bonds. The molecule has 1 heteroatoms. The average Bonchev–Trinajstić information content (AvgIpc) is 2.84. The van der Waals surface area contributed by atoms with Crippen molar-refractivity contribution in [3.63, 3.8) is 0 Å². The number of nitrogens with zero attached hydrogens (tertiary/aromatic N) is 1. The molecular weight excluding hydrogens is 218 g/mol. The van der Waals surface area contributed by atoms with Gasteiger partial charge in [0.2, 0.25) is 0 Å². The Morgan fingerprint density at radius 2 is 1.83 bits per heavy atom. The first kappa shape index (κ1) is 13.5. The summed E-state index contributed by atoms with van der Waals surface area (Å²) in [5.74, 6) is 0. The predicted molar refractivity (Wildman–Crippen MR) is 80.5 cm³/mol. The smallest absolute Gasteiger partial charge is 0.0436 e. The Kier molecular flexibility index (Phi) is 3.99. The van der Waals surface area contributed by atoms with Crippen molar-refractivity contribution in [2.75, 3.05) is 11.4 Å². The van der Waals surface area contributed by atoms with Crippen LogP contribution in [0.15, 0.2) is 18.2 Å². The van der Waals surface area contributed by atoms with Crippen molar-refractivity contribution in [2.45, 2.75) is 65.3 Å². The van der Waals surface area contributed by atoms with Crippen LogP contribution in [0.4, 0.5) is 5.69 Å². The molecule has 1 aromatic rings. The van der Waals surface area contributed by atoms with E-state index in [2.05, 4.69) is 36.9 Å². The van der Waals surface area contributed by atoms with Gasteiger partial charge in [-0.3, -0.25) is 0 Å². The topological polar surface area (TPSA) is 3.24 Å². The molecular formula is C17H27N. The number of benzene rings is 1. The molecule has 2 aliphatic heterocycles. The Balaban J connectivity index is 0.000000574. The lowest BCUT2D eigenvalue weighted by molar-refractivity contribution is 0.355. The molecule has 0 fully saturated rings. The number of hydrogen-bond acceptors (Lipinski definition) is 1. The van der Waals surface area contributed by atoms with Crippen LogP contribution < -0.4 is 4.90 Å². The van der Waals surface area contributed by atoms with Gasteiger partial charge in [-0.25, -0.2) is 0 Å². The third-order valence-electron chi connectivity index (χ3n) is 4.45. The minimum Gasteiger partial charge on any atom is -0.365 e. The van der Waals surface area contributed by atoms with E-state index in [9.17, 15) is 0 Å². The first-order valence-corrected chi connectivity index (χ1v) is 7.63. The fourth-order valence-electron chi connectivity index (χ4n) is 3.62. The SMILES string of the molecule is CC.CCCC1(C)CCc2cccc3c2N1CC3. The highest BCUT2D eigenvalue weighted by Gasteiger charge is 2.39. The highest BCUT2D eigenvalue weighted by atomic mass is 15.2. The molecule has 1 unspecified atom stereocenters. The quantitative estimate of drug-likeness (QED) is 0.737. The molecule has 1 aromatic carbocycles. The van der Waals surface area contributed by atoms with E-state index >= 15 is 0 Å². The molecule has 0 radical (unpaired) electrons. The van der Waals surface area contributed by atoms with Crippen molar-refractivity contribution in [3.05, 3.63) is 29.3 Å². The van der Waals surface area contributed by atoms with Crippen LogP contribution in [0.1, 0.15) is 58.1 Å². The minimum atomic E-state index is 0.425. The maximum Gasteiger partial charge on any atom is 0.0436 e. The number of rotatable bonds is 2. The third kappa shape index (κ3) is 2.04. The zero-order valence-electron chi connectivity index (χ0n) is 12.4. The molecule has 18 heavy (non-hydrogen) atoms. The highest BCUT2D eigenvalue weighted by molar-refractivity contribution is 5.66. The Hall–Kier alpha value is -0.980. The van der Waals surface area contributed by atoms with Crippen molar-refractivity contribution in [1.82, 2.24) is 0 Å². The normalized spacial score (nSPS) is 24.3. The maximum atomic E-state index is 2.70. The molecule has 0 aromatic heterocycles. The second kappa shape index (κ2) is 5.34. The van der Waals surface area contributed by atoms with E-state index < -0.39 is 0 Å². The minimum absolute atomic E-state index is 0.425. The predicted octanol–water partition coefficient (Wildman–Crippen LogP) is 4.58. The van der Waals surface area contributed by atoms with Crippen molar-refractivity contribution >= 4 is 5.69 Å². The number of aryl methyl sites for hydroxylation is 1. The summed E-state index contributed by atoms with van der Waals surface area (Å²) in [6.07, 6.45) is 6.49. The zero-order valence-corrected chi connectivity index (χ0v) is 12.4. The Morgan fingerprint density at radius 3 is 2.50 bits per heavy atom. The lowest BCUT2D eigenvalue weighted by Crippen LogP contribution is -2.48. The molecule has 1 atom stereocenters. The second-order valence-corrected chi connectivity index (χ2v) is 5.57. The van der Waals surface area contributed by atoms with E-state index in [0.29, 0.717) is 5.54 Å². The van der Waals surface area contributed by atoms with Crippen LogP contribution in [0, 0.1) is 0 Å². The molecule has 0 N–H and O–H groups in total. The third-order valence-corrected chi connectivity index (χ3v) is 4.45. The summed E-state index contributed by atoms with van der Waals surface area (Å²) < 4.78 is 0. The summed E-state index contributed by atoms with van der Waals surface area (Å²) in [6, 6.07) is 6.87. The molecule has 2 heterocycles. The number of hydrogen-bond donors (Lipinski definition) is 0. The van der Waals surface area contributed by atoms with Crippen molar-refractivity contribution in [3.8, 4) is 0 Å². The molecule has 2 aliphatic rings. The summed E-state index contributed by atoms with van der Waals surface area (Å²) >= 11 is 0. The zero-order chi connectivity index (χ0) is 13.2. The Labute approximate surface area is 112 Å². The first-order chi connectivity index (χ1) is 8.74. The van der Waals surface area contributed by atoms with E-state index in [-0.39, 0.29) is 0 Å². The molecule has 3 rings (SSSR count). The summed E-state index contributed by atoms with van der Waals surface area (Å²) in [7, 11) is 0. The van der Waals surface area contributed by atoms with Crippen molar-refractivity contribution in [1.29, 1.82) is 0 Å². The molecule has 1 nitrogen and oxygen atoms in total. The van der Waals surface area contributed by atoms with Gasteiger partial charge in [0.1, 0.15) is 0 Å². The van der Waals surface area contributed by atoms with Gasteiger partial charge in [0.05, 0.1) is 0 Å². The fourth-order valence-corrected chi connectivity index (χ4v) is 3.62. The van der Waals surface area contributed by atoms with Crippen LogP contribution in [0.3, 0.4) is 0 Å². The van der Waals surface area contributed by atoms with E-state index in [4.69, 9.17) is 0 Å². The van der Waals surface area contributed by atoms with Crippen LogP contribution >= 0.6 is 0 Å². The van der Waals surface area contributed by atoms with E-state index in [1.807, 2.05) is 13.8 Å². The number of anilines is 1. The van der Waals surface area contributed by atoms with Gasteiger partial charge in [-0.2, -0.15) is 0 Å². The molecule has 0 bridgehead atoms. The standard InChI is InChI=1S/C15H21N.C2H6/c1-3-9-15(2)10-7-12-5-4-6-13-8-11-16(15)14(12)13;1-2/h4-6H,3,7-11H2,1-2H3;1-2H3. The van der Waals surface area contributed by atoms with E-state index in [0.717, 1.165) is 0 Å². The van der Waals surface area contributed by atoms with Crippen molar-refractivity contribution < 1.29 is 0 Å². The maximum absolute atomic E-state index is 2.70. The van der Waals surface area contributed by atoms with E-state index in [1.54, 1.807) is 16.8 Å². The van der Waals surface area contributed by atoms with Gasteiger partial charge in [0.25, 0.3) is 0 Å². The van der Waals surface area contributed by atoms with Crippen LogP contribution in [0.25, 0.3) is 0 Å². The lowest BCUT2D eigenvalue weighted by atomic mass is 9.83. The molecule has 100 valence electrons. The van der Waals surface area contributed by atoms with Gasteiger partial charge in [0.15, 0.2) is 0 Å². The van der Waals surface area contributed by atoms with Gasteiger partial charge in [-0.05, 0) is 43.7 Å². The van der Waals surface area contributed by atoms with Crippen LogP contribution in [-0.4, -0.2) is 12.1 Å². The summed E-state index contributed by atoms with van der Waals surface area (Å²) in [5.41, 5.74) is 5.18. The second-order valence-electron chi connectivity index (χ2n) is 5.57. The molecule has 0 spiro atoms. The summed E-state index contributed by atoms with van der Waals surface area (Å²) in [5, 5.41) is 0. The Morgan fingerprint density at radius 1 is 1.17 bits per heavy atom. The average molecular weight is 245 g/mol. The molecule has 0 saturated carbocycles. The monoisotopic (exact) mass is 245 g/mol.